The van der Waals surface area contributed by atoms with E-state index in [-0.39, 0.29) is 5.56 Å². The van der Waals surface area contributed by atoms with E-state index in [0.29, 0.717) is 11.7 Å². The fourth-order valence-electron chi connectivity index (χ4n) is 1.60. The van der Waals surface area contributed by atoms with Gasteiger partial charge in [-0.25, -0.2) is 4.98 Å². The molecule has 1 fully saturated rings. The molecule has 1 atom stereocenters. The Morgan fingerprint density at radius 3 is 3.33 bits per heavy atom. The summed E-state index contributed by atoms with van der Waals surface area (Å²) < 4.78 is 1.54. The van der Waals surface area contributed by atoms with Crippen molar-refractivity contribution in [2.75, 3.05) is 23.4 Å². The summed E-state index contributed by atoms with van der Waals surface area (Å²) in [6.07, 6.45) is 4.55. The van der Waals surface area contributed by atoms with Crippen LogP contribution in [0.2, 0.25) is 0 Å². The number of anilines is 1. The van der Waals surface area contributed by atoms with Crippen LogP contribution in [0.15, 0.2) is 17.2 Å². The second-order valence-electron chi connectivity index (χ2n) is 3.80. The predicted molar refractivity (Wildman–Crippen MR) is 63.4 cm³/mol. The van der Waals surface area contributed by atoms with Crippen molar-refractivity contribution < 1.29 is 0 Å². The van der Waals surface area contributed by atoms with Gasteiger partial charge in [-0.3, -0.25) is 4.79 Å². The van der Waals surface area contributed by atoms with Gasteiger partial charge in [0, 0.05) is 26.0 Å². The average Bonchev–Trinajstić information content (AvgIpc) is 2.73. The van der Waals surface area contributed by atoms with E-state index in [0.717, 1.165) is 6.54 Å². The predicted octanol–water partition coefficient (Wildman–Crippen LogP) is 0.945. The van der Waals surface area contributed by atoms with Crippen LogP contribution in [0.4, 0.5) is 5.82 Å². The summed E-state index contributed by atoms with van der Waals surface area (Å²) in [5, 5.41) is 3.14. The second kappa shape index (κ2) is 4.70. The van der Waals surface area contributed by atoms with Crippen LogP contribution in [0.3, 0.4) is 0 Å². The van der Waals surface area contributed by atoms with Gasteiger partial charge in [-0.05, 0) is 23.8 Å². The quantitative estimate of drug-likeness (QED) is 0.832. The van der Waals surface area contributed by atoms with Gasteiger partial charge in [-0.1, -0.05) is 0 Å². The molecule has 0 aliphatic carbocycles. The van der Waals surface area contributed by atoms with E-state index in [1.165, 1.54) is 17.9 Å². The van der Waals surface area contributed by atoms with E-state index >= 15 is 0 Å². The maximum atomic E-state index is 11.6. The monoisotopic (exact) mass is 225 g/mol. The Hall–Kier alpha value is -0.970. The molecule has 1 aromatic heterocycles. The Labute approximate surface area is 93.1 Å². The van der Waals surface area contributed by atoms with Crippen molar-refractivity contribution >= 4 is 17.6 Å². The minimum Gasteiger partial charge on any atom is -0.365 e. The Kier molecular flexibility index (Phi) is 3.30. The Bertz CT molecular complexity index is 384. The Morgan fingerprint density at radius 2 is 2.60 bits per heavy atom. The normalized spacial score (nSPS) is 20.5. The topological polar surface area (TPSA) is 46.9 Å². The van der Waals surface area contributed by atoms with Crippen LogP contribution < -0.4 is 10.9 Å². The third kappa shape index (κ3) is 2.53. The van der Waals surface area contributed by atoms with Gasteiger partial charge >= 0.3 is 0 Å². The first kappa shape index (κ1) is 10.5. The van der Waals surface area contributed by atoms with Crippen molar-refractivity contribution in [3.05, 3.63) is 22.7 Å². The summed E-state index contributed by atoms with van der Waals surface area (Å²) >= 11 is 1.98. The number of aryl methyl sites for hydroxylation is 1. The first-order valence-corrected chi connectivity index (χ1v) is 6.26. The molecule has 5 heteroatoms. The lowest BCUT2D eigenvalue weighted by atomic mass is 10.1. The molecule has 0 radical (unpaired) electrons. The number of aromatic nitrogens is 2. The van der Waals surface area contributed by atoms with Gasteiger partial charge in [0.15, 0.2) is 5.82 Å². The largest absolute Gasteiger partial charge is 0.365 e. The first-order valence-electron chi connectivity index (χ1n) is 5.10. The van der Waals surface area contributed by atoms with Gasteiger partial charge in [0.05, 0.1) is 0 Å². The lowest BCUT2D eigenvalue weighted by Crippen LogP contribution is -2.24. The minimum absolute atomic E-state index is 0.0526. The highest BCUT2D eigenvalue weighted by molar-refractivity contribution is 7.99. The van der Waals surface area contributed by atoms with Gasteiger partial charge in [0.1, 0.15) is 0 Å². The van der Waals surface area contributed by atoms with Gasteiger partial charge in [-0.2, -0.15) is 11.8 Å². The molecule has 0 saturated carbocycles. The highest BCUT2D eigenvalue weighted by atomic mass is 32.2. The van der Waals surface area contributed by atoms with Gasteiger partial charge in [0.25, 0.3) is 5.56 Å². The molecular weight excluding hydrogens is 210 g/mol. The van der Waals surface area contributed by atoms with E-state index in [2.05, 4.69) is 10.3 Å². The van der Waals surface area contributed by atoms with Crippen LogP contribution in [0.25, 0.3) is 0 Å². The summed E-state index contributed by atoms with van der Waals surface area (Å²) in [5.41, 5.74) is -0.0526. The van der Waals surface area contributed by atoms with Crippen LogP contribution in [0, 0.1) is 5.92 Å². The average molecular weight is 225 g/mol. The molecule has 1 saturated heterocycles. The van der Waals surface area contributed by atoms with Crippen molar-refractivity contribution in [3.63, 3.8) is 0 Å². The molecule has 0 spiro atoms. The zero-order chi connectivity index (χ0) is 10.7. The molecule has 15 heavy (non-hydrogen) atoms. The number of hydrogen-bond acceptors (Lipinski definition) is 4. The highest BCUT2D eigenvalue weighted by Gasteiger charge is 2.15. The lowest BCUT2D eigenvalue weighted by molar-refractivity contribution is 0.629. The Morgan fingerprint density at radius 1 is 1.73 bits per heavy atom. The van der Waals surface area contributed by atoms with Crippen LogP contribution in [0.5, 0.6) is 0 Å². The van der Waals surface area contributed by atoms with Gasteiger partial charge in [-0.15, -0.1) is 0 Å². The summed E-state index contributed by atoms with van der Waals surface area (Å²) in [5.74, 6) is 3.59. The van der Waals surface area contributed by atoms with Crippen molar-refractivity contribution in [1.82, 2.24) is 9.55 Å². The van der Waals surface area contributed by atoms with Crippen LogP contribution in [-0.4, -0.2) is 27.6 Å². The summed E-state index contributed by atoms with van der Waals surface area (Å²) in [4.78, 5) is 15.7. The molecule has 1 aliphatic rings. The molecule has 0 aromatic carbocycles. The molecular formula is C10H15N3OS. The fraction of sp³-hybridized carbons (Fsp3) is 0.600. The number of rotatable bonds is 3. The summed E-state index contributed by atoms with van der Waals surface area (Å²) in [6.45, 7) is 0.860. The zero-order valence-electron chi connectivity index (χ0n) is 8.77. The standard InChI is InChI=1S/C10H15N3OS/c1-13-4-3-11-9(10(13)14)12-6-8-2-5-15-7-8/h3-4,8H,2,5-7H2,1H3,(H,11,12). The van der Waals surface area contributed by atoms with Crippen LogP contribution in [0.1, 0.15) is 6.42 Å². The smallest absolute Gasteiger partial charge is 0.293 e. The minimum atomic E-state index is -0.0526. The molecule has 2 heterocycles. The first-order chi connectivity index (χ1) is 7.27. The molecule has 82 valence electrons. The van der Waals surface area contributed by atoms with Gasteiger partial charge in [0.2, 0.25) is 0 Å². The number of nitrogens with one attached hydrogen (secondary N) is 1. The maximum Gasteiger partial charge on any atom is 0.293 e. The van der Waals surface area contributed by atoms with Crippen molar-refractivity contribution in [1.29, 1.82) is 0 Å². The van der Waals surface area contributed by atoms with E-state index in [4.69, 9.17) is 0 Å². The van der Waals surface area contributed by atoms with Crippen LogP contribution in [-0.2, 0) is 7.05 Å². The summed E-state index contributed by atoms with van der Waals surface area (Å²) in [6, 6.07) is 0. The van der Waals surface area contributed by atoms with E-state index in [1.807, 2.05) is 11.8 Å². The third-order valence-electron chi connectivity index (χ3n) is 2.60. The fourth-order valence-corrected chi connectivity index (χ4v) is 2.89. The van der Waals surface area contributed by atoms with E-state index in [1.54, 1.807) is 24.0 Å². The molecule has 1 unspecified atom stereocenters. The highest BCUT2D eigenvalue weighted by Crippen LogP contribution is 2.22. The molecule has 2 rings (SSSR count). The van der Waals surface area contributed by atoms with Crippen molar-refractivity contribution in [2.45, 2.75) is 6.42 Å². The van der Waals surface area contributed by atoms with E-state index < -0.39 is 0 Å². The van der Waals surface area contributed by atoms with E-state index in [9.17, 15) is 4.79 Å². The number of hydrogen-bond donors (Lipinski definition) is 1. The molecule has 0 amide bonds. The van der Waals surface area contributed by atoms with Crippen molar-refractivity contribution in [2.24, 2.45) is 13.0 Å². The molecule has 1 aromatic rings. The van der Waals surface area contributed by atoms with Crippen molar-refractivity contribution in [3.8, 4) is 0 Å². The molecule has 0 bridgehead atoms. The SMILES string of the molecule is Cn1ccnc(NCC2CCSC2)c1=O. The second-order valence-corrected chi connectivity index (χ2v) is 4.95. The number of thioether (sulfide) groups is 1. The third-order valence-corrected chi connectivity index (χ3v) is 3.83. The van der Waals surface area contributed by atoms with Crippen LogP contribution >= 0.6 is 11.8 Å². The Balaban J connectivity index is 1.98. The number of nitrogens with zero attached hydrogens (tertiary/aromatic N) is 2. The maximum absolute atomic E-state index is 11.6. The molecule has 1 aliphatic heterocycles. The van der Waals surface area contributed by atoms with Gasteiger partial charge < -0.3 is 9.88 Å². The lowest BCUT2D eigenvalue weighted by Gasteiger charge is -2.10. The summed E-state index contributed by atoms with van der Waals surface area (Å²) in [7, 11) is 1.74. The molecule has 4 nitrogen and oxygen atoms in total. The molecule has 1 N–H and O–H groups in total. The zero-order valence-corrected chi connectivity index (χ0v) is 9.59.